The molecule has 5 heteroatoms. The van der Waals surface area contributed by atoms with Gasteiger partial charge >= 0.3 is 0 Å². The van der Waals surface area contributed by atoms with Gasteiger partial charge in [-0.3, -0.25) is 0 Å². The van der Waals surface area contributed by atoms with Crippen molar-refractivity contribution in [1.82, 2.24) is 0 Å². The second-order valence-corrected chi connectivity index (χ2v) is 4.34. The second-order valence-electron chi connectivity index (χ2n) is 3.48. The summed E-state index contributed by atoms with van der Waals surface area (Å²) in [5.41, 5.74) is 6.65. The van der Waals surface area contributed by atoms with Gasteiger partial charge in [-0.05, 0) is 53.0 Å². The first kappa shape index (κ1) is 16.6. The van der Waals surface area contributed by atoms with E-state index in [1.807, 2.05) is 12.1 Å². The molecule has 98 valence electrons. The summed E-state index contributed by atoms with van der Waals surface area (Å²) in [6, 6.07) is 3.92. The highest BCUT2D eigenvalue weighted by Gasteiger charge is 2.09. The topological polar surface area (TPSA) is 44.5 Å². The van der Waals surface area contributed by atoms with E-state index in [0.717, 1.165) is 34.4 Å². The fourth-order valence-corrected chi connectivity index (χ4v) is 1.88. The number of nitrogens with two attached hydrogens (primary N) is 1. The number of methoxy groups -OCH3 is 1. The van der Waals surface area contributed by atoms with Crippen molar-refractivity contribution in [2.75, 3.05) is 20.3 Å². The smallest absolute Gasteiger partial charge is 0.134 e. The fraction of sp³-hybridized carbons (Fsp3) is 0.500. The number of hydrogen-bond donors (Lipinski definition) is 1. The third-order valence-electron chi connectivity index (χ3n) is 2.21. The average Bonchev–Trinajstić information content (AvgIpc) is 2.29. The lowest BCUT2D eigenvalue weighted by molar-refractivity contribution is 0.314. The third-order valence-corrected chi connectivity index (χ3v) is 2.83. The van der Waals surface area contributed by atoms with Crippen LogP contribution in [0.4, 0.5) is 0 Å². The van der Waals surface area contributed by atoms with E-state index < -0.39 is 0 Å². The number of rotatable bonds is 6. The van der Waals surface area contributed by atoms with Crippen molar-refractivity contribution in [3.05, 3.63) is 22.2 Å². The maximum atomic E-state index is 5.63. The summed E-state index contributed by atoms with van der Waals surface area (Å²) in [6.45, 7) is 3.40. The summed E-state index contributed by atoms with van der Waals surface area (Å²) in [5, 5.41) is 0. The number of hydrogen-bond acceptors (Lipinski definition) is 3. The number of ether oxygens (including phenoxy) is 2. The zero-order valence-electron chi connectivity index (χ0n) is 10.2. The Bertz CT molecular complexity index is 348. The zero-order valence-corrected chi connectivity index (χ0v) is 12.6. The predicted octanol–water partition coefficient (Wildman–Crippen LogP) is 3.17. The molecule has 0 saturated heterocycles. The average molecular weight is 325 g/mol. The fourth-order valence-electron chi connectivity index (χ4n) is 1.44. The van der Waals surface area contributed by atoms with Gasteiger partial charge in [0.15, 0.2) is 0 Å². The van der Waals surface area contributed by atoms with Gasteiger partial charge in [0, 0.05) is 0 Å². The Morgan fingerprint density at radius 2 is 2.00 bits per heavy atom. The minimum Gasteiger partial charge on any atom is -0.496 e. The first-order valence-electron chi connectivity index (χ1n) is 5.42. The van der Waals surface area contributed by atoms with E-state index in [2.05, 4.69) is 22.9 Å². The summed E-state index contributed by atoms with van der Waals surface area (Å²) in [6.07, 6.45) is 1.78. The van der Waals surface area contributed by atoms with Gasteiger partial charge in [-0.25, -0.2) is 0 Å². The highest BCUT2D eigenvalue weighted by molar-refractivity contribution is 9.10. The normalized spacial score (nSPS) is 9.65. The van der Waals surface area contributed by atoms with Gasteiger partial charge in [0.25, 0.3) is 0 Å². The van der Waals surface area contributed by atoms with Crippen LogP contribution in [0.15, 0.2) is 16.6 Å². The Balaban J connectivity index is 0.00000256. The maximum Gasteiger partial charge on any atom is 0.134 e. The van der Waals surface area contributed by atoms with Crippen molar-refractivity contribution >= 4 is 28.3 Å². The number of benzene rings is 1. The monoisotopic (exact) mass is 323 g/mol. The standard InChI is InChI=1S/C12H18BrNO2.ClH/c1-3-6-16-12-7-9(4-5-14)11(15-2)8-10(12)13;/h7-8H,3-6,14H2,1-2H3;1H. The van der Waals surface area contributed by atoms with Crippen LogP contribution in [0.5, 0.6) is 11.5 Å². The molecular formula is C12H19BrClNO2. The van der Waals surface area contributed by atoms with Gasteiger partial charge in [-0.2, -0.15) is 0 Å². The van der Waals surface area contributed by atoms with Crippen LogP contribution in [0.3, 0.4) is 0 Å². The van der Waals surface area contributed by atoms with E-state index >= 15 is 0 Å². The summed E-state index contributed by atoms with van der Waals surface area (Å²) in [7, 11) is 1.66. The summed E-state index contributed by atoms with van der Waals surface area (Å²) in [5.74, 6) is 1.70. The molecule has 1 rings (SSSR count). The molecule has 2 N–H and O–H groups in total. The molecule has 0 fully saturated rings. The predicted molar refractivity (Wildman–Crippen MR) is 76.5 cm³/mol. The molecule has 0 bridgehead atoms. The summed E-state index contributed by atoms with van der Waals surface area (Å²) in [4.78, 5) is 0. The van der Waals surface area contributed by atoms with Crippen molar-refractivity contribution in [2.24, 2.45) is 5.73 Å². The lowest BCUT2D eigenvalue weighted by Gasteiger charge is -2.13. The lowest BCUT2D eigenvalue weighted by atomic mass is 10.1. The van der Waals surface area contributed by atoms with Gasteiger partial charge in [0.1, 0.15) is 11.5 Å². The molecule has 0 heterocycles. The molecule has 0 aliphatic heterocycles. The van der Waals surface area contributed by atoms with Crippen LogP contribution in [-0.4, -0.2) is 20.3 Å². The van der Waals surface area contributed by atoms with Gasteiger partial charge in [0.05, 0.1) is 18.2 Å². The Hall–Kier alpha value is -0.450. The van der Waals surface area contributed by atoms with Gasteiger partial charge in [0.2, 0.25) is 0 Å². The molecule has 0 aromatic heterocycles. The Labute approximate surface area is 117 Å². The first-order valence-corrected chi connectivity index (χ1v) is 6.21. The van der Waals surface area contributed by atoms with Crippen molar-refractivity contribution in [1.29, 1.82) is 0 Å². The molecular weight excluding hydrogens is 305 g/mol. The maximum absolute atomic E-state index is 5.63. The molecule has 0 unspecified atom stereocenters. The molecule has 3 nitrogen and oxygen atoms in total. The SMILES string of the molecule is CCCOc1cc(CCN)c(OC)cc1Br.Cl. The van der Waals surface area contributed by atoms with E-state index in [4.69, 9.17) is 15.2 Å². The van der Waals surface area contributed by atoms with Gasteiger partial charge in [-0.15, -0.1) is 12.4 Å². The molecule has 0 aliphatic carbocycles. The van der Waals surface area contributed by atoms with Crippen LogP contribution in [0.2, 0.25) is 0 Å². The van der Waals surface area contributed by atoms with Crippen LogP contribution in [0, 0.1) is 0 Å². The molecule has 0 atom stereocenters. The van der Waals surface area contributed by atoms with Gasteiger partial charge < -0.3 is 15.2 Å². The quantitative estimate of drug-likeness (QED) is 0.874. The van der Waals surface area contributed by atoms with Crippen molar-refractivity contribution in [2.45, 2.75) is 19.8 Å². The summed E-state index contributed by atoms with van der Waals surface area (Å²) < 4.78 is 11.8. The molecule has 0 amide bonds. The second kappa shape index (κ2) is 8.61. The van der Waals surface area contributed by atoms with E-state index in [9.17, 15) is 0 Å². The van der Waals surface area contributed by atoms with Crippen LogP contribution in [0.1, 0.15) is 18.9 Å². The lowest BCUT2D eigenvalue weighted by Crippen LogP contribution is -2.05. The molecule has 1 aromatic rings. The largest absolute Gasteiger partial charge is 0.496 e. The van der Waals surface area contributed by atoms with E-state index in [0.29, 0.717) is 13.2 Å². The van der Waals surface area contributed by atoms with E-state index in [-0.39, 0.29) is 12.4 Å². The van der Waals surface area contributed by atoms with Crippen molar-refractivity contribution in [3.63, 3.8) is 0 Å². The van der Waals surface area contributed by atoms with E-state index in [1.54, 1.807) is 7.11 Å². The van der Waals surface area contributed by atoms with Crippen LogP contribution < -0.4 is 15.2 Å². The molecule has 0 radical (unpaired) electrons. The van der Waals surface area contributed by atoms with Crippen LogP contribution >= 0.6 is 28.3 Å². The molecule has 0 saturated carbocycles. The number of halogens is 2. The first-order chi connectivity index (χ1) is 7.72. The van der Waals surface area contributed by atoms with Crippen molar-refractivity contribution < 1.29 is 9.47 Å². The molecule has 17 heavy (non-hydrogen) atoms. The minimum absolute atomic E-state index is 0. The van der Waals surface area contributed by atoms with Gasteiger partial charge in [-0.1, -0.05) is 6.92 Å². The Morgan fingerprint density at radius 1 is 1.29 bits per heavy atom. The zero-order chi connectivity index (χ0) is 12.0. The minimum atomic E-state index is 0. The molecule has 1 aromatic carbocycles. The molecule has 0 spiro atoms. The Kier molecular flexibility index (Phi) is 8.39. The van der Waals surface area contributed by atoms with Crippen LogP contribution in [-0.2, 0) is 6.42 Å². The van der Waals surface area contributed by atoms with Crippen molar-refractivity contribution in [3.8, 4) is 11.5 Å². The highest BCUT2D eigenvalue weighted by atomic mass is 79.9. The van der Waals surface area contributed by atoms with E-state index in [1.165, 1.54) is 0 Å². The van der Waals surface area contributed by atoms with Crippen LogP contribution in [0.25, 0.3) is 0 Å². The Morgan fingerprint density at radius 3 is 2.53 bits per heavy atom. The third kappa shape index (κ3) is 4.74. The highest BCUT2D eigenvalue weighted by Crippen LogP contribution is 2.33. The molecule has 0 aliphatic rings. The summed E-state index contributed by atoms with van der Waals surface area (Å²) >= 11 is 3.47.